The minimum absolute atomic E-state index is 0.140. The van der Waals surface area contributed by atoms with Gasteiger partial charge in [-0.15, -0.1) is 13.2 Å². The fourth-order valence-electron chi connectivity index (χ4n) is 2.91. The van der Waals surface area contributed by atoms with Crippen molar-refractivity contribution in [1.29, 1.82) is 0 Å². The topological polar surface area (TPSA) is 94.9 Å². The number of aliphatic hydroxyl groups is 2. The number of carbonyl (C=O) groups is 1. The Bertz CT molecular complexity index is 830. The van der Waals surface area contributed by atoms with Gasteiger partial charge in [-0.3, -0.25) is 9.78 Å². The van der Waals surface area contributed by atoms with Crippen molar-refractivity contribution in [3.05, 3.63) is 48.3 Å². The molecule has 1 aromatic heterocycles. The molecule has 0 bridgehead atoms. The van der Waals surface area contributed by atoms with Gasteiger partial charge in [-0.05, 0) is 30.3 Å². The average Bonchev–Trinajstić information content (AvgIpc) is 3.03. The minimum atomic E-state index is -4.78. The molecule has 0 spiro atoms. The molecule has 7 nitrogen and oxygen atoms in total. The van der Waals surface area contributed by atoms with Gasteiger partial charge >= 0.3 is 6.36 Å². The summed E-state index contributed by atoms with van der Waals surface area (Å²) in [6.45, 7) is 0.614. The van der Waals surface area contributed by atoms with E-state index in [-0.39, 0.29) is 23.8 Å². The van der Waals surface area contributed by atoms with Crippen molar-refractivity contribution in [2.24, 2.45) is 5.92 Å². The van der Waals surface area contributed by atoms with E-state index in [0.717, 1.165) is 12.1 Å². The van der Waals surface area contributed by atoms with Gasteiger partial charge in [-0.25, -0.2) is 0 Å². The van der Waals surface area contributed by atoms with E-state index in [1.165, 1.54) is 18.3 Å². The van der Waals surface area contributed by atoms with Gasteiger partial charge in [0.05, 0.1) is 30.2 Å². The lowest BCUT2D eigenvalue weighted by Gasteiger charge is -2.18. The van der Waals surface area contributed by atoms with Crippen LogP contribution in [0.15, 0.2) is 42.7 Å². The van der Waals surface area contributed by atoms with Crippen LogP contribution in [0.2, 0.25) is 0 Å². The number of nitrogens with zero attached hydrogens (tertiary/aromatic N) is 2. The molecule has 3 N–H and O–H groups in total. The largest absolute Gasteiger partial charge is 0.573 e. The number of amides is 1. The van der Waals surface area contributed by atoms with Crippen LogP contribution in [-0.2, 0) is 0 Å². The zero-order chi connectivity index (χ0) is 20.3. The number of anilines is 2. The molecule has 150 valence electrons. The first-order valence-corrected chi connectivity index (χ1v) is 8.41. The Kier molecular flexibility index (Phi) is 5.71. The molecule has 1 aliphatic heterocycles. The smallest absolute Gasteiger partial charge is 0.406 e. The summed E-state index contributed by atoms with van der Waals surface area (Å²) in [6, 6.07) is 6.37. The van der Waals surface area contributed by atoms with Crippen LogP contribution in [-0.4, -0.2) is 53.3 Å². The monoisotopic (exact) mass is 397 g/mol. The second-order valence-corrected chi connectivity index (χ2v) is 6.37. The minimum Gasteiger partial charge on any atom is -0.406 e. The first kappa shape index (κ1) is 19.9. The number of benzene rings is 1. The van der Waals surface area contributed by atoms with Crippen molar-refractivity contribution >= 4 is 17.3 Å². The Balaban J connectivity index is 1.66. The lowest BCUT2D eigenvalue weighted by atomic mass is 10.1. The molecule has 28 heavy (non-hydrogen) atoms. The summed E-state index contributed by atoms with van der Waals surface area (Å²) in [5.41, 5.74) is 1.16. The van der Waals surface area contributed by atoms with Crippen molar-refractivity contribution in [3.8, 4) is 5.75 Å². The van der Waals surface area contributed by atoms with E-state index in [4.69, 9.17) is 0 Å². The van der Waals surface area contributed by atoms with E-state index in [0.29, 0.717) is 24.5 Å². The van der Waals surface area contributed by atoms with Crippen LogP contribution in [0.25, 0.3) is 0 Å². The number of aliphatic hydroxyl groups excluding tert-OH is 2. The Hall–Kier alpha value is -2.85. The fraction of sp³-hybridized carbons (Fsp3) is 0.333. The van der Waals surface area contributed by atoms with Crippen LogP contribution in [0.4, 0.5) is 24.5 Å². The second-order valence-electron chi connectivity index (χ2n) is 6.37. The van der Waals surface area contributed by atoms with Gasteiger partial charge in [0.2, 0.25) is 0 Å². The first-order valence-electron chi connectivity index (χ1n) is 8.41. The molecule has 1 aromatic carbocycles. The van der Waals surface area contributed by atoms with Crippen molar-refractivity contribution in [3.63, 3.8) is 0 Å². The van der Waals surface area contributed by atoms with Gasteiger partial charge in [-0.2, -0.15) is 0 Å². The van der Waals surface area contributed by atoms with Crippen LogP contribution in [0.5, 0.6) is 5.75 Å². The molecule has 2 unspecified atom stereocenters. The molecule has 3 rings (SSSR count). The van der Waals surface area contributed by atoms with Gasteiger partial charge in [-0.1, -0.05) is 0 Å². The maximum absolute atomic E-state index is 12.4. The van der Waals surface area contributed by atoms with Gasteiger partial charge < -0.3 is 25.2 Å². The maximum Gasteiger partial charge on any atom is 0.573 e. The number of pyridine rings is 1. The van der Waals surface area contributed by atoms with Gasteiger partial charge in [0.1, 0.15) is 5.75 Å². The summed E-state index contributed by atoms with van der Waals surface area (Å²) in [4.78, 5) is 18.3. The number of β-amino-alcohol motifs (C(OH)–C–C–N with tert-alkyl or cyclic N) is 1. The molecule has 1 amide bonds. The molecular formula is C18H18F3N3O4. The van der Waals surface area contributed by atoms with Crippen molar-refractivity contribution in [2.75, 3.05) is 29.9 Å². The number of nitrogens with one attached hydrogen (secondary N) is 1. The summed E-state index contributed by atoms with van der Waals surface area (Å²) >= 11 is 0. The standard InChI is InChI=1S/C18H18F3N3O4/c19-18(20,21)28-15-3-1-13(2-4-15)23-17(27)11-5-14(7-22-6-11)24-8-12(10-25)16(26)9-24/h1-7,12,16,25-26H,8-10H2,(H,23,27). The van der Waals surface area contributed by atoms with E-state index >= 15 is 0 Å². The molecule has 2 aromatic rings. The number of aromatic nitrogens is 1. The lowest BCUT2D eigenvalue weighted by Crippen LogP contribution is -2.22. The summed E-state index contributed by atoms with van der Waals surface area (Å²) in [5, 5.41) is 21.7. The highest BCUT2D eigenvalue weighted by molar-refractivity contribution is 6.04. The summed E-state index contributed by atoms with van der Waals surface area (Å²) in [6.07, 6.45) is -2.54. The number of halogens is 3. The lowest BCUT2D eigenvalue weighted by molar-refractivity contribution is -0.274. The van der Waals surface area contributed by atoms with Crippen LogP contribution >= 0.6 is 0 Å². The second kappa shape index (κ2) is 8.03. The number of carbonyl (C=O) groups excluding carboxylic acids is 1. The van der Waals surface area contributed by atoms with Crippen molar-refractivity contribution < 1.29 is 32.9 Å². The predicted molar refractivity (Wildman–Crippen MR) is 94.1 cm³/mol. The quantitative estimate of drug-likeness (QED) is 0.715. The zero-order valence-corrected chi connectivity index (χ0v) is 14.6. The number of hydrogen-bond donors (Lipinski definition) is 3. The molecule has 1 fully saturated rings. The summed E-state index contributed by atoms with van der Waals surface area (Å²) < 4.78 is 40.3. The van der Waals surface area contributed by atoms with E-state index < -0.39 is 18.4 Å². The number of alkyl halides is 3. The third-order valence-corrected chi connectivity index (χ3v) is 4.34. The van der Waals surface area contributed by atoms with E-state index in [1.54, 1.807) is 12.3 Å². The zero-order valence-electron chi connectivity index (χ0n) is 14.6. The molecular weight excluding hydrogens is 379 g/mol. The molecule has 0 radical (unpaired) electrons. The van der Waals surface area contributed by atoms with Gasteiger partial charge in [0.25, 0.3) is 5.91 Å². The molecule has 2 atom stereocenters. The van der Waals surface area contributed by atoms with E-state index in [2.05, 4.69) is 15.0 Å². The fourth-order valence-corrected chi connectivity index (χ4v) is 2.91. The molecule has 1 saturated heterocycles. The Morgan fingerprint density at radius 1 is 1.25 bits per heavy atom. The highest BCUT2D eigenvalue weighted by Gasteiger charge is 2.32. The van der Waals surface area contributed by atoms with Gasteiger partial charge in [0.15, 0.2) is 0 Å². The van der Waals surface area contributed by atoms with E-state index in [9.17, 15) is 28.2 Å². The third kappa shape index (κ3) is 4.90. The molecule has 0 saturated carbocycles. The van der Waals surface area contributed by atoms with Crippen LogP contribution in [0, 0.1) is 5.92 Å². The average molecular weight is 397 g/mol. The summed E-state index contributed by atoms with van der Waals surface area (Å²) in [7, 11) is 0. The SMILES string of the molecule is O=C(Nc1ccc(OC(F)(F)F)cc1)c1cncc(N2CC(O)C(CO)C2)c1. The van der Waals surface area contributed by atoms with Crippen LogP contribution in [0.1, 0.15) is 10.4 Å². The van der Waals surface area contributed by atoms with Crippen molar-refractivity contribution in [2.45, 2.75) is 12.5 Å². The molecule has 0 aliphatic carbocycles. The van der Waals surface area contributed by atoms with Crippen LogP contribution in [0.3, 0.4) is 0 Å². The van der Waals surface area contributed by atoms with Gasteiger partial charge in [0, 0.05) is 30.9 Å². The molecule has 2 heterocycles. The summed E-state index contributed by atoms with van der Waals surface area (Å²) in [5.74, 6) is -1.15. The first-order chi connectivity index (χ1) is 13.2. The van der Waals surface area contributed by atoms with E-state index in [1.807, 2.05) is 4.90 Å². The highest BCUT2D eigenvalue weighted by Crippen LogP contribution is 2.26. The number of rotatable bonds is 5. The maximum atomic E-state index is 12.4. The predicted octanol–water partition coefficient (Wildman–Crippen LogP) is 2.02. The number of ether oxygens (including phenoxy) is 1. The molecule has 10 heteroatoms. The Morgan fingerprint density at radius 2 is 1.96 bits per heavy atom. The highest BCUT2D eigenvalue weighted by atomic mass is 19.4. The number of hydrogen-bond acceptors (Lipinski definition) is 6. The Morgan fingerprint density at radius 3 is 2.57 bits per heavy atom. The molecule has 1 aliphatic rings. The third-order valence-electron chi connectivity index (χ3n) is 4.34. The normalized spacial score (nSPS) is 19.5. The Labute approximate surface area is 158 Å². The van der Waals surface area contributed by atoms with Crippen molar-refractivity contribution in [1.82, 2.24) is 4.98 Å². The van der Waals surface area contributed by atoms with Crippen LogP contribution < -0.4 is 15.0 Å².